The topological polar surface area (TPSA) is 84.2 Å². The van der Waals surface area contributed by atoms with Gasteiger partial charge in [0.1, 0.15) is 0 Å². The predicted molar refractivity (Wildman–Crippen MR) is 104 cm³/mol. The number of rotatable bonds is 4. The lowest BCUT2D eigenvalue weighted by molar-refractivity contribution is 0.0734. The molecule has 0 bridgehead atoms. The number of aromatic nitrogens is 4. The quantitative estimate of drug-likeness (QED) is 0.646. The van der Waals surface area contributed by atoms with Gasteiger partial charge in [-0.25, -0.2) is 0 Å². The third-order valence-corrected chi connectivity index (χ3v) is 4.80. The first kappa shape index (κ1) is 17.8. The number of benzene rings is 2. The van der Waals surface area contributed by atoms with Crippen molar-refractivity contribution in [1.82, 2.24) is 25.1 Å². The van der Waals surface area contributed by atoms with Crippen molar-refractivity contribution in [2.75, 3.05) is 31.1 Å². The van der Waals surface area contributed by atoms with Crippen LogP contribution in [0.2, 0.25) is 0 Å². The summed E-state index contributed by atoms with van der Waals surface area (Å²) < 4.78 is 0. The maximum atomic E-state index is 12.7. The van der Waals surface area contributed by atoms with Gasteiger partial charge in [0, 0.05) is 37.4 Å². The van der Waals surface area contributed by atoms with Crippen molar-refractivity contribution in [1.29, 1.82) is 0 Å². The summed E-state index contributed by atoms with van der Waals surface area (Å²) in [4.78, 5) is 29.4. The molecule has 0 N–H and O–H groups in total. The third kappa shape index (κ3) is 3.62. The van der Waals surface area contributed by atoms with Gasteiger partial charge in [0.25, 0.3) is 11.7 Å². The summed E-state index contributed by atoms with van der Waals surface area (Å²) in [7, 11) is 0. The molecule has 0 unspecified atom stereocenters. The minimum absolute atomic E-state index is 0.0537. The molecule has 2 aromatic carbocycles. The van der Waals surface area contributed by atoms with Crippen molar-refractivity contribution in [3.63, 3.8) is 0 Å². The van der Waals surface area contributed by atoms with Gasteiger partial charge in [0.2, 0.25) is 0 Å². The van der Waals surface area contributed by atoms with Crippen molar-refractivity contribution in [2.24, 2.45) is 0 Å². The standard InChI is InChI=1S/C20H20N6O2/c1-15(27)16-7-9-17(10-8-16)24-11-13-25(14-12-24)20(28)19-21-23-26(22-19)18-5-3-2-4-6-18/h2-10H,11-14H2,1H3. The van der Waals surface area contributed by atoms with E-state index in [4.69, 9.17) is 0 Å². The Bertz CT molecular complexity index is 975. The number of hydrogen-bond acceptors (Lipinski definition) is 6. The fraction of sp³-hybridized carbons (Fsp3) is 0.250. The lowest BCUT2D eigenvalue weighted by Gasteiger charge is -2.35. The molecule has 8 heteroatoms. The summed E-state index contributed by atoms with van der Waals surface area (Å²) in [5.74, 6) is -0.0603. The minimum Gasteiger partial charge on any atom is -0.368 e. The van der Waals surface area contributed by atoms with Crippen LogP contribution in [0.3, 0.4) is 0 Å². The van der Waals surface area contributed by atoms with Gasteiger partial charge in [-0.05, 0) is 48.5 Å². The molecule has 3 aromatic rings. The number of piperazine rings is 1. The molecule has 1 amide bonds. The van der Waals surface area contributed by atoms with E-state index in [1.54, 1.807) is 11.8 Å². The van der Waals surface area contributed by atoms with E-state index >= 15 is 0 Å². The normalized spacial score (nSPS) is 14.2. The Morgan fingerprint density at radius 1 is 0.857 bits per heavy atom. The number of tetrazole rings is 1. The van der Waals surface area contributed by atoms with Gasteiger partial charge in [0.15, 0.2) is 5.78 Å². The zero-order chi connectivity index (χ0) is 19.5. The van der Waals surface area contributed by atoms with Gasteiger partial charge in [-0.15, -0.1) is 15.0 Å². The summed E-state index contributed by atoms with van der Waals surface area (Å²) >= 11 is 0. The van der Waals surface area contributed by atoms with Crippen molar-refractivity contribution < 1.29 is 9.59 Å². The third-order valence-electron chi connectivity index (χ3n) is 4.80. The number of para-hydroxylation sites is 1. The van der Waals surface area contributed by atoms with Crippen molar-refractivity contribution >= 4 is 17.4 Å². The van der Waals surface area contributed by atoms with Crippen LogP contribution in [0.4, 0.5) is 5.69 Å². The van der Waals surface area contributed by atoms with Crippen molar-refractivity contribution in [3.05, 3.63) is 66.0 Å². The molecule has 0 spiro atoms. The first-order valence-electron chi connectivity index (χ1n) is 9.12. The molecule has 1 aliphatic heterocycles. The fourth-order valence-electron chi connectivity index (χ4n) is 3.19. The number of hydrogen-bond donors (Lipinski definition) is 0. The number of amides is 1. The van der Waals surface area contributed by atoms with Crippen LogP contribution in [-0.4, -0.2) is 63.0 Å². The highest BCUT2D eigenvalue weighted by atomic mass is 16.2. The van der Waals surface area contributed by atoms with Gasteiger partial charge in [0.05, 0.1) is 5.69 Å². The Morgan fingerprint density at radius 3 is 2.18 bits per heavy atom. The first-order chi connectivity index (χ1) is 13.6. The van der Waals surface area contributed by atoms with Crippen molar-refractivity contribution in [3.8, 4) is 5.69 Å². The largest absolute Gasteiger partial charge is 0.368 e. The molecule has 2 heterocycles. The molecule has 1 aromatic heterocycles. The number of anilines is 1. The maximum absolute atomic E-state index is 12.7. The first-order valence-corrected chi connectivity index (χ1v) is 9.12. The molecule has 28 heavy (non-hydrogen) atoms. The average Bonchev–Trinajstić information content (AvgIpc) is 3.24. The molecule has 0 saturated carbocycles. The molecule has 1 fully saturated rings. The molecule has 1 aliphatic rings. The smallest absolute Gasteiger partial charge is 0.295 e. The van der Waals surface area contributed by atoms with E-state index in [-0.39, 0.29) is 17.5 Å². The second-order valence-electron chi connectivity index (χ2n) is 6.62. The van der Waals surface area contributed by atoms with Crippen LogP contribution < -0.4 is 4.90 Å². The van der Waals surface area contributed by atoms with Crippen LogP contribution in [0.5, 0.6) is 0 Å². The molecular weight excluding hydrogens is 356 g/mol. The summed E-state index contributed by atoms with van der Waals surface area (Å²) in [6.45, 7) is 4.12. The maximum Gasteiger partial charge on any atom is 0.295 e. The number of carbonyl (C=O) groups excluding carboxylic acids is 2. The second kappa shape index (κ2) is 7.59. The molecule has 0 radical (unpaired) electrons. The van der Waals surface area contributed by atoms with E-state index in [0.717, 1.165) is 11.4 Å². The predicted octanol–water partition coefficient (Wildman–Crippen LogP) is 1.83. The van der Waals surface area contributed by atoms with Crippen LogP contribution in [0.25, 0.3) is 5.69 Å². The number of carbonyl (C=O) groups is 2. The molecule has 142 valence electrons. The van der Waals surface area contributed by atoms with Gasteiger partial charge in [-0.1, -0.05) is 18.2 Å². The zero-order valence-electron chi connectivity index (χ0n) is 15.5. The van der Waals surface area contributed by atoms with Gasteiger partial charge in [-0.3, -0.25) is 9.59 Å². The van der Waals surface area contributed by atoms with Gasteiger partial charge in [-0.2, -0.15) is 0 Å². The Hall–Kier alpha value is -3.55. The molecule has 1 saturated heterocycles. The van der Waals surface area contributed by atoms with Crippen molar-refractivity contribution in [2.45, 2.75) is 6.92 Å². The highest BCUT2D eigenvalue weighted by molar-refractivity contribution is 5.94. The highest BCUT2D eigenvalue weighted by Gasteiger charge is 2.25. The minimum atomic E-state index is -0.214. The number of Topliss-reactive ketones (excluding diaryl/α,β-unsaturated/α-hetero) is 1. The van der Waals surface area contributed by atoms with E-state index in [9.17, 15) is 9.59 Å². The van der Waals surface area contributed by atoms with Crippen LogP contribution >= 0.6 is 0 Å². The fourth-order valence-corrected chi connectivity index (χ4v) is 3.19. The Labute approximate surface area is 162 Å². The van der Waals surface area contributed by atoms with E-state index in [1.165, 1.54) is 4.80 Å². The van der Waals surface area contributed by atoms with E-state index < -0.39 is 0 Å². The molecule has 0 atom stereocenters. The van der Waals surface area contributed by atoms with Gasteiger partial charge < -0.3 is 9.80 Å². The van der Waals surface area contributed by atoms with Crippen LogP contribution in [0.1, 0.15) is 27.9 Å². The SMILES string of the molecule is CC(=O)c1ccc(N2CCN(C(=O)c3nnn(-c4ccccc4)n3)CC2)cc1. The molecular formula is C20H20N6O2. The molecule has 0 aliphatic carbocycles. The second-order valence-corrected chi connectivity index (χ2v) is 6.62. The van der Waals surface area contributed by atoms with E-state index in [1.807, 2.05) is 54.6 Å². The van der Waals surface area contributed by atoms with E-state index in [2.05, 4.69) is 20.3 Å². The lowest BCUT2D eigenvalue weighted by Crippen LogP contribution is -2.49. The van der Waals surface area contributed by atoms with Crippen LogP contribution in [-0.2, 0) is 0 Å². The zero-order valence-corrected chi connectivity index (χ0v) is 15.5. The monoisotopic (exact) mass is 376 g/mol. The molecule has 8 nitrogen and oxygen atoms in total. The van der Waals surface area contributed by atoms with E-state index in [0.29, 0.717) is 31.7 Å². The highest BCUT2D eigenvalue weighted by Crippen LogP contribution is 2.18. The number of nitrogens with zero attached hydrogens (tertiary/aromatic N) is 6. The Morgan fingerprint density at radius 2 is 1.54 bits per heavy atom. The summed E-state index contributed by atoms with van der Waals surface area (Å²) in [5.41, 5.74) is 2.50. The van der Waals surface area contributed by atoms with Crippen LogP contribution in [0, 0.1) is 0 Å². The Balaban J connectivity index is 1.39. The summed E-state index contributed by atoms with van der Waals surface area (Å²) in [5, 5.41) is 12.1. The van der Waals surface area contributed by atoms with Gasteiger partial charge >= 0.3 is 0 Å². The number of ketones is 1. The summed E-state index contributed by atoms with van der Waals surface area (Å²) in [6, 6.07) is 16.9. The summed E-state index contributed by atoms with van der Waals surface area (Å²) in [6.07, 6.45) is 0. The van der Waals surface area contributed by atoms with Crippen LogP contribution in [0.15, 0.2) is 54.6 Å². The molecule has 4 rings (SSSR count). The lowest BCUT2D eigenvalue weighted by atomic mass is 10.1. The average molecular weight is 376 g/mol. The Kier molecular flexibility index (Phi) is 4.84.